The van der Waals surface area contributed by atoms with Gasteiger partial charge in [0.15, 0.2) is 10.6 Å². The number of amides is 1. The largest absolute Gasteiger partial charge is 0.480 e. The van der Waals surface area contributed by atoms with E-state index in [4.69, 9.17) is 5.11 Å². The first-order valence-corrected chi connectivity index (χ1v) is 6.67. The average Bonchev–Trinajstić information content (AvgIpc) is 2.35. The SMILES string of the molecule is Cc1ccc2c(c1)C=NC(C(=O)NCC(=O)O)C2(O)Br. The molecular formula is C13H13BrN2O4. The number of aryl methyl sites for hydroxylation is 1. The summed E-state index contributed by atoms with van der Waals surface area (Å²) in [7, 11) is 0. The number of aliphatic hydroxyl groups is 1. The number of nitrogens with one attached hydrogen (secondary N) is 1. The number of rotatable bonds is 3. The van der Waals surface area contributed by atoms with Gasteiger partial charge in [0.25, 0.3) is 0 Å². The fourth-order valence-corrected chi connectivity index (χ4v) is 2.70. The van der Waals surface area contributed by atoms with E-state index in [1.165, 1.54) is 6.21 Å². The Bertz CT molecular complexity index is 598. The predicted molar refractivity (Wildman–Crippen MR) is 76.0 cm³/mol. The van der Waals surface area contributed by atoms with E-state index in [1.807, 2.05) is 19.1 Å². The lowest BCUT2D eigenvalue weighted by Crippen LogP contribution is -2.48. The molecule has 0 bridgehead atoms. The van der Waals surface area contributed by atoms with Crippen molar-refractivity contribution in [2.24, 2.45) is 4.99 Å². The van der Waals surface area contributed by atoms with Gasteiger partial charge in [-0.15, -0.1) is 0 Å². The van der Waals surface area contributed by atoms with Gasteiger partial charge in [0.05, 0.1) is 0 Å². The van der Waals surface area contributed by atoms with Crippen molar-refractivity contribution in [1.29, 1.82) is 0 Å². The molecule has 1 amide bonds. The summed E-state index contributed by atoms with van der Waals surface area (Å²) < 4.78 is -1.66. The summed E-state index contributed by atoms with van der Waals surface area (Å²) in [5, 5.41) is 21.3. The molecule has 1 aromatic carbocycles. The average molecular weight is 341 g/mol. The Morgan fingerprint density at radius 2 is 2.20 bits per heavy atom. The molecule has 2 unspecified atom stereocenters. The van der Waals surface area contributed by atoms with Crippen LogP contribution in [0.15, 0.2) is 23.2 Å². The van der Waals surface area contributed by atoms with Crippen LogP contribution in [0.4, 0.5) is 0 Å². The normalized spacial score (nSPS) is 24.1. The summed E-state index contributed by atoms with van der Waals surface area (Å²) in [4.78, 5) is 26.4. The molecule has 1 aliphatic heterocycles. The maximum Gasteiger partial charge on any atom is 0.322 e. The third kappa shape index (κ3) is 2.73. The van der Waals surface area contributed by atoms with Crippen molar-refractivity contribution in [2.45, 2.75) is 17.5 Å². The number of carboxylic acid groups (broad SMARTS) is 1. The van der Waals surface area contributed by atoms with Gasteiger partial charge < -0.3 is 15.5 Å². The molecule has 1 aliphatic rings. The molecule has 0 aliphatic carbocycles. The van der Waals surface area contributed by atoms with E-state index in [0.29, 0.717) is 11.1 Å². The zero-order chi connectivity index (χ0) is 14.9. The van der Waals surface area contributed by atoms with E-state index >= 15 is 0 Å². The highest BCUT2D eigenvalue weighted by molar-refractivity contribution is 9.09. The van der Waals surface area contributed by atoms with E-state index < -0.39 is 29.0 Å². The number of benzene rings is 1. The minimum Gasteiger partial charge on any atom is -0.480 e. The Morgan fingerprint density at radius 1 is 1.50 bits per heavy atom. The highest BCUT2D eigenvalue weighted by atomic mass is 79.9. The summed E-state index contributed by atoms with van der Waals surface area (Å²) in [5.74, 6) is -1.82. The van der Waals surface area contributed by atoms with Crippen LogP contribution in [0.25, 0.3) is 0 Å². The van der Waals surface area contributed by atoms with E-state index in [9.17, 15) is 14.7 Å². The number of aliphatic imine (C=N–C) groups is 1. The van der Waals surface area contributed by atoms with Gasteiger partial charge in [-0.2, -0.15) is 0 Å². The number of alkyl halides is 1. The molecule has 6 nitrogen and oxygen atoms in total. The Kier molecular flexibility index (Phi) is 3.92. The molecule has 0 saturated heterocycles. The maximum absolute atomic E-state index is 11.9. The van der Waals surface area contributed by atoms with E-state index in [1.54, 1.807) is 6.07 Å². The number of carbonyl (C=O) groups excluding carboxylic acids is 1. The van der Waals surface area contributed by atoms with Gasteiger partial charge in [0.2, 0.25) is 5.91 Å². The summed E-state index contributed by atoms with van der Waals surface area (Å²) in [6.45, 7) is 1.39. The molecule has 0 fully saturated rings. The molecule has 0 radical (unpaired) electrons. The van der Waals surface area contributed by atoms with Crippen molar-refractivity contribution in [3.63, 3.8) is 0 Å². The van der Waals surface area contributed by atoms with Gasteiger partial charge in [-0.05, 0) is 28.4 Å². The lowest BCUT2D eigenvalue weighted by molar-refractivity contribution is -0.138. The van der Waals surface area contributed by atoms with Crippen molar-refractivity contribution >= 4 is 34.0 Å². The molecule has 2 atom stereocenters. The van der Waals surface area contributed by atoms with Crippen LogP contribution in [0, 0.1) is 6.92 Å². The first kappa shape index (κ1) is 14.7. The maximum atomic E-state index is 11.9. The van der Waals surface area contributed by atoms with Crippen LogP contribution in [0.2, 0.25) is 0 Å². The van der Waals surface area contributed by atoms with E-state index in [-0.39, 0.29) is 0 Å². The standard InChI is InChI=1S/C13H13BrN2O4/c1-7-2-3-9-8(4-7)5-15-11(13(9,14)20)12(19)16-6-10(17)18/h2-5,11,20H,6H2,1H3,(H,16,19)(H,17,18). The van der Waals surface area contributed by atoms with Crippen molar-refractivity contribution < 1.29 is 19.8 Å². The molecule has 2 rings (SSSR count). The number of carboxylic acids is 1. The monoisotopic (exact) mass is 340 g/mol. The third-order valence-corrected chi connectivity index (χ3v) is 3.83. The second kappa shape index (κ2) is 5.34. The van der Waals surface area contributed by atoms with Gasteiger partial charge in [-0.25, -0.2) is 0 Å². The Balaban J connectivity index is 2.29. The van der Waals surface area contributed by atoms with Crippen molar-refractivity contribution in [3.05, 3.63) is 34.9 Å². The van der Waals surface area contributed by atoms with Gasteiger partial charge in [-0.1, -0.05) is 23.8 Å². The highest BCUT2D eigenvalue weighted by Gasteiger charge is 2.44. The fraction of sp³-hybridized carbons (Fsp3) is 0.308. The molecule has 7 heteroatoms. The zero-order valence-electron chi connectivity index (χ0n) is 10.6. The minimum atomic E-state index is -1.66. The van der Waals surface area contributed by atoms with Crippen LogP contribution in [0.3, 0.4) is 0 Å². The third-order valence-electron chi connectivity index (χ3n) is 2.97. The van der Waals surface area contributed by atoms with Gasteiger partial charge in [0.1, 0.15) is 6.54 Å². The number of hydrogen-bond donors (Lipinski definition) is 3. The van der Waals surface area contributed by atoms with Gasteiger partial charge in [-0.3, -0.25) is 14.6 Å². The summed E-state index contributed by atoms with van der Waals surface area (Å²) in [6, 6.07) is 4.23. The van der Waals surface area contributed by atoms with Crippen LogP contribution in [-0.4, -0.2) is 40.9 Å². The minimum absolute atomic E-state index is 0.519. The molecule has 0 saturated carbocycles. The van der Waals surface area contributed by atoms with Crippen LogP contribution >= 0.6 is 15.9 Å². The van der Waals surface area contributed by atoms with Gasteiger partial charge >= 0.3 is 5.97 Å². The number of carbonyl (C=O) groups is 2. The first-order chi connectivity index (χ1) is 9.32. The van der Waals surface area contributed by atoms with Crippen molar-refractivity contribution in [1.82, 2.24) is 5.32 Å². The number of hydrogen-bond acceptors (Lipinski definition) is 4. The summed E-state index contributed by atoms with van der Waals surface area (Å²) in [6.07, 6.45) is 1.50. The summed E-state index contributed by atoms with van der Waals surface area (Å²) in [5.41, 5.74) is 2.24. The predicted octanol–water partition coefficient (Wildman–Crippen LogP) is 0.537. The lowest BCUT2D eigenvalue weighted by Gasteiger charge is -2.32. The van der Waals surface area contributed by atoms with Crippen LogP contribution in [0.1, 0.15) is 16.7 Å². The quantitative estimate of drug-likeness (QED) is 0.699. The molecule has 0 spiro atoms. The number of halogens is 1. The van der Waals surface area contributed by atoms with Crippen LogP contribution in [-0.2, 0) is 14.1 Å². The molecule has 1 aromatic rings. The molecule has 0 aromatic heterocycles. The number of nitrogens with zero attached hydrogens (tertiary/aromatic N) is 1. The number of fused-ring (bicyclic) bond motifs is 1. The topological polar surface area (TPSA) is 99.0 Å². The molecule has 3 N–H and O–H groups in total. The fourth-order valence-electron chi connectivity index (χ4n) is 2.01. The van der Waals surface area contributed by atoms with Gasteiger partial charge in [0, 0.05) is 11.8 Å². The molecular weight excluding hydrogens is 328 g/mol. The van der Waals surface area contributed by atoms with E-state index in [0.717, 1.165) is 5.56 Å². The first-order valence-electron chi connectivity index (χ1n) is 5.87. The Morgan fingerprint density at radius 3 is 2.85 bits per heavy atom. The Labute approximate surface area is 123 Å². The summed E-state index contributed by atoms with van der Waals surface area (Å²) >= 11 is 3.12. The zero-order valence-corrected chi connectivity index (χ0v) is 12.2. The molecule has 1 heterocycles. The Hall–Kier alpha value is -1.73. The highest BCUT2D eigenvalue weighted by Crippen LogP contribution is 2.38. The molecule has 20 heavy (non-hydrogen) atoms. The van der Waals surface area contributed by atoms with Crippen molar-refractivity contribution in [3.8, 4) is 0 Å². The lowest BCUT2D eigenvalue weighted by atomic mass is 9.93. The van der Waals surface area contributed by atoms with E-state index in [2.05, 4.69) is 26.2 Å². The van der Waals surface area contributed by atoms with Crippen molar-refractivity contribution in [2.75, 3.05) is 6.54 Å². The smallest absolute Gasteiger partial charge is 0.322 e. The van der Waals surface area contributed by atoms with Crippen LogP contribution < -0.4 is 5.32 Å². The second-order valence-electron chi connectivity index (χ2n) is 4.56. The number of aliphatic carboxylic acids is 1. The second-order valence-corrected chi connectivity index (χ2v) is 5.77. The molecule has 106 valence electrons. The van der Waals surface area contributed by atoms with Crippen LogP contribution in [0.5, 0.6) is 0 Å².